The SMILES string of the molecule is CCCCCCCCCCCCCCCCCCCCCC(=O)O[C@H](COC(=O)CCCCCCCCCCC)COC(=O)CCCCCCCCCCCCCCCCCCCCC(C)C. The van der Waals surface area contributed by atoms with Crippen molar-refractivity contribution in [2.45, 2.75) is 355 Å². The number of unbranched alkanes of at least 4 members (excludes halogenated alkanes) is 43. The van der Waals surface area contributed by atoms with Gasteiger partial charge in [0.05, 0.1) is 0 Å². The van der Waals surface area contributed by atoms with Crippen LogP contribution in [0.3, 0.4) is 0 Å². The monoisotopic (exact) mass is 947 g/mol. The number of carbonyl (C=O) groups is 3. The Morgan fingerprint density at radius 1 is 0.284 bits per heavy atom. The largest absolute Gasteiger partial charge is 0.462 e. The Kier molecular flexibility index (Phi) is 54.0. The maximum Gasteiger partial charge on any atom is 0.306 e. The maximum absolute atomic E-state index is 12.9. The summed E-state index contributed by atoms with van der Waals surface area (Å²) in [7, 11) is 0. The van der Waals surface area contributed by atoms with Crippen molar-refractivity contribution in [1.29, 1.82) is 0 Å². The van der Waals surface area contributed by atoms with Crippen LogP contribution in [0.15, 0.2) is 0 Å². The van der Waals surface area contributed by atoms with Crippen LogP contribution in [-0.4, -0.2) is 37.2 Å². The molecule has 0 heterocycles. The van der Waals surface area contributed by atoms with E-state index in [2.05, 4.69) is 27.7 Å². The number of hydrogen-bond donors (Lipinski definition) is 0. The standard InChI is InChI=1S/C61H118O6/c1-5-7-9-11-13-15-16-17-18-19-20-25-28-31-34-38-42-46-50-54-61(64)67-58(55-65-59(62)52-48-44-40-35-14-12-10-8-6-2)56-66-60(63)53-49-45-41-37-33-30-27-24-22-21-23-26-29-32-36-39-43-47-51-57(3)4/h57-58H,5-56H2,1-4H3/t58-/m1/s1. The van der Waals surface area contributed by atoms with Gasteiger partial charge in [-0.2, -0.15) is 0 Å². The summed E-state index contributed by atoms with van der Waals surface area (Å²) in [6.45, 7) is 9.07. The van der Waals surface area contributed by atoms with Crippen molar-refractivity contribution in [2.75, 3.05) is 13.2 Å². The molecule has 0 aromatic heterocycles. The topological polar surface area (TPSA) is 78.9 Å². The van der Waals surface area contributed by atoms with Crippen molar-refractivity contribution < 1.29 is 28.6 Å². The molecule has 0 N–H and O–H groups in total. The van der Waals surface area contributed by atoms with Crippen molar-refractivity contribution >= 4 is 17.9 Å². The molecule has 0 aliphatic rings. The molecular weight excluding hydrogens is 829 g/mol. The fourth-order valence-electron chi connectivity index (χ4n) is 9.46. The second-order valence-corrected chi connectivity index (χ2v) is 21.5. The van der Waals surface area contributed by atoms with Crippen LogP contribution in [0.25, 0.3) is 0 Å². The lowest BCUT2D eigenvalue weighted by Gasteiger charge is -2.18. The summed E-state index contributed by atoms with van der Waals surface area (Å²) in [5, 5.41) is 0. The molecule has 67 heavy (non-hydrogen) atoms. The molecule has 0 aliphatic carbocycles. The first-order valence-electron chi connectivity index (χ1n) is 30.4. The lowest BCUT2D eigenvalue weighted by Crippen LogP contribution is -2.30. The van der Waals surface area contributed by atoms with Gasteiger partial charge in [-0.15, -0.1) is 0 Å². The molecule has 0 rings (SSSR count). The minimum Gasteiger partial charge on any atom is -0.462 e. The van der Waals surface area contributed by atoms with E-state index in [-0.39, 0.29) is 31.1 Å². The Morgan fingerprint density at radius 2 is 0.493 bits per heavy atom. The summed E-state index contributed by atoms with van der Waals surface area (Å²) in [6, 6.07) is 0. The summed E-state index contributed by atoms with van der Waals surface area (Å²) in [5.74, 6) is 0.0233. The van der Waals surface area contributed by atoms with Gasteiger partial charge in [-0.3, -0.25) is 14.4 Å². The zero-order valence-electron chi connectivity index (χ0n) is 45.9. The zero-order chi connectivity index (χ0) is 48.8. The molecule has 0 saturated heterocycles. The molecule has 0 unspecified atom stereocenters. The first kappa shape index (κ1) is 65.4. The summed E-state index contributed by atoms with van der Waals surface area (Å²) >= 11 is 0. The number of carbonyl (C=O) groups excluding carboxylic acids is 3. The van der Waals surface area contributed by atoms with Gasteiger partial charge in [0, 0.05) is 19.3 Å². The molecule has 398 valence electrons. The number of ether oxygens (including phenoxy) is 3. The van der Waals surface area contributed by atoms with Gasteiger partial charge in [0.2, 0.25) is 0 Å². The predicted molar refractivity (Wildman–Crippen MR) is 289 cm³/mol. The summed E-state index contributed by atoms with van der Waals surface area (Å²) in [4.78, 5) is 38.1. The Bertz CT molecular complexity index is 1010. The molecule has 0 spiro atoms. The molecule has 0 aliphatic heterocycles. The molecule has 0 radical (unpaired) electrons. The van der Waals surface area contributed by atoms with Crippen molar-refractivity contribution in [3.63, 3.8) is 0 Å². The smallest absolute Gasteiger partial charge is 0.306 e. The zero-order valence-corrected chi connectivity index (χ0v) is 45.9. The lowest BCUT2D eigenvalue weighted by atomic mass is 10.0. The van der Waals surface area contributed by atoms with E-state index in [0.29, 0.717) is 19.3 Å². The van der Waals surface area contributed by atoms with E-state index < -0.39 is 6.10 Å². The molecular formula is C61H118O6. The van der Waals surface area contributed by atoms with Gasteiger partial charge < -0.3 is 14.2 Å². The van der Waals surface area contributed by atoms with Crippen molar-refractivity contribution in [3.05, 3.63) is 0 Å². The third-order valence-electron chi connectivity index (χ3n) is 14.0. The fraction of sp³-hybridized carbons (Fsp3) is 0.951. The number of rotatable bonds is 56. The van der Waals surface area contributed by atoms with Crippen LogP contribution in [0.5, 0.6) is 0 Å². The highest BCUT2D eigenvalue weighted by molar-refractivity contribution is 5.71. The fourth-order valence-corrected chi connectivity index (χ4v) is 9.46. The molecule has 0 amide bonds. The van der Waals surface area contributed by atoms with E-state index in [1.54, 1.807) is 0 Å². The summed E-state index contributed by atoms with van der Waals surface area (Å²) < 4.78 is 16.9. The maximum atomic E-state index is 12.9. The Labute approximate surface area is 418 Å². The second kappa shape index (κ2) is 55.3. The number of hydrogen-bond acceptors (Lipinski definition) is 6. The summed E-state index contributed by atoms with van der Waals surface area (Å²) in [5.41, 5.74) is 0. The molecule has 0 aromatic rings. The molecule has 1 atom stereocenters. The van der Waals surface area contributed by atoms with Gasteiger partial charge in [0.1, 0.15) is 13.2 Å². The molecule has 6 nitrogen and oxygen atoms in total. The van der Waals surface area contributed by atoms with Gasteiger partial charge in [0.15, 0.2) is 6.10 Å². The van der Waals surface area contributed by atoms with Gasteiger partial charge in [0.25, 0.3) is 0 Å². The van der Waals surface area contributed by atoms with E-state index in [9.17, 15) is 14.4 Å². The van der Waals surface area contributed by atoms with Gasteiger partial charge in [-0.05, 0) is 25.2 Å². The molecule has 0 aromatic carbocycles. The predicted octanol–water partition coefficient (Wildman–Crippen LogP) is 20.2. The Morgan fingerprint density at radius 3 is 0.731 bits per heavy atom. The van der Waals surface area contributed by atoms with Crippen LogP contribution in [-0.2, 0) is 28.6 Å². The van der Waals surface area contributed by atoms with E-state index in [4.69, 9.17) is 14.2 Å². The third kappa shape index (κ3) is 55.2. The highest BCUT2D eigenvalue weighted by atomic mass is 16.6. The average Bonchev–Trinajstić information content (AvgIpc) is 3.31. The van der Waals surface area contributed by atoms with Crippen molar-refractivity contribution in [2.24, 2.45) is 5.92 Å². The first-order chi connectivity index (χ1) is 32.9. The minimum atomic E-state index is -0.761. The molecule has 0 fully saturated rings. The quantitative estimate of drug-likeness (QED) is 0.0343. The lowest BCUT2D eigenvalue weighted by molar-refractivity contribution is -0.167. The van der Waals surface area contributed by atoms with Crippen molar-refractivity contribution in [1.82, 2.24) is 0 Å². The molecule has 0 saturated carbocycles. The van der Waals surface area contributed by atoms with Crippen LogP contribution >= 0.6 is 0 Å². The summed E-state index contributed by atoms with van der Waals surface area (Å²) in [6.07, 6.45) is 61.1. The van der Waals surface area contributed by atoms with Crippen LogP contribution < -0.4 is 0 Å². The first-order valence-corrected chi connectivity index (χ1v) is 30.4. The molecule has 0 bridgehead atoms. The normalized spacial score (nSPS) is 12.0. The van der Waals surface area contributed by atoms with E-state index >= 15 is 0 Å². The van der Waals surface area contributed by atoms with Gasteiger partial charge in [-0.1, -0.05) is 310 Å². The Balaban J connectivity index is 4.17. The average molecular weight is 948 g/mol. The molecule has 6 heteroatoms. The van der Waals surface area contributed by atoms with Gasteiger partial charge >= 0.3 is 17.9 Å². The van der Waals surface area contributed by atoms with Crippen LogP contribution in [0, 0.1) is 5.92 Å². The van der Waals surface area contributed by atoms with E-state index in [1.165, 1.54) is 244 Å². The Hall–Kier alpha value is -1.59. The number of esters is 3. The van der Waals surface area contributed by atoms with Crippen molar-refractivity contribution in [3.8, 4) is 0 Å². The highest BCUT2D eigenvalue weighted by Gasteiger charge is 2.19. The second-order valence-electron chi connectivity index (χ2n) is 21.5. The van der Waals surface area contributed by atoms with Crippen LogP contribution in [0.1, 0.15) is 349 Å². The van der Waals surface area contributed by atoms with E-state index in [1.807, 2.05) is 0 Å². The van der Waals surface area contributed by atoms with Crippen LogP contribution in [0.4, 0.5) is 0 Å². The van der Waals surface area contributed by atoms with Crippen LogP contribution in [0.2, 0.25) is 0 Å². The van der Waals surface area contributed by atoms with Gasteiger partial charge in [-0.25, -0.2) is 0 Å². The third-order valence-corrected chi connectivity index (χ3v) is 14.0. The minimum absolute atomic E-state index is 0.0617. The highest BCUT2D eigenvalue weighted by Crippen LogP contribution is 2.18. The van der Waals surface area contributed by atoms with E-state index in [0.717, 1.165) is 63.7 Å².